The van der Waals surface area contributed by atoms with E-state index < -0.39 is 0 Å². The molecule has 0 aromatic carbocycles. The van der Waals surface area contributed by atoms with Gasteiger partial charge in [0.05, 0.1) is 25.9 Å². The Morgan fingerprint density at radius 1 is 0.531 bits per heavy atom. The number of aliphatic hydroxyl groups is 1. The second kappa shape index (κ2) is 38.5. The van der Waals surface area contributed by atoms with Crippen molar-refractivity contribution in [2.75, 3.05) is 39.4 Å². The summed E-state index contributed by atoms with van der Waals surface area (Å²) < 4.78 is 0. The van der Waals surface area contributed by atoms with E-state index in [2.05, 4.69) is 43.1 Å². The summed E-state index contributed by atoms with van der Waals surface area (Å²) in [5.41, 5.74) is 0. The predicted octanol–water partition coefficient (Wildman–Crippen LogP) is 13.1. The Bertz CT molecular complexity index is 656. The van der Waals surface area contributed by atoms with Gasteiger partial charge in [-0.1, -0.05) is 159 Å². The Balaban J connectivity index is 2.07. The average molecular weight is 691 g/mol. The summed E-state index contributed by atoms with van der Waals surface area (Å²) in [7, 11) is 0. The molecule has 0 saturated carbocycles. The van der Waals surface area contributed by atoms with Crippen molar-refractivity contribution in [3.05, 3.63) is 24.3 Å². The molecule has 0 spiro atoms. The van der Waals surface area contributed by atoms with Crippen LogP contribution in [0.15, 0.2) is 24.3 Å². The van der Waals surface area contributed by atoms with Gasteiger partial charge < -0.3 is 10.0 Å². The fourth-order valence-electron chi connectivity index (χ4n) is 6.86. The molecule has 290 valence electrons. The smallest absolute Gasteiger partial charge is 0.0711 e. The van der Waals surface area contributed by atoms with Crippen LogP contribution in [-0.2, 0) is 9.68 Å². The van der Waals surface area contributed by atoms with Gasteiger partial charge in [-0.3, -0.25) is 9.68 Å². The van der Waals surface area contributed by atoms with Crippen LogP contribution in [0.4, 0.5) is 0 Å². The van der Waals surface area contributed by atoms with Crippen molar-refractivity contribution in [3.63, 3.8) is 0 Å². The zero-order valence-corrected chi connectivity index (χ0v) is 33.2. The standard InChI is InChI=1S/C44H86N2O3/c1-3-5-7-9-11-13-15-17-19-21-23-25-27-29-31-33-41-48-46(40-36-39-45-38-35-37-44(47)43-45)49-42-34-32-30-28-26-24-22-20-18-16-14-12-10-8-6-4-2/h17-20,44,47H,3-16,21-43H2,1-2H3/b19-17-,20-18-. The van der Waals surface area contributed by atoms with Crippen molar-refractivity contribution in [2.24, 2.45) is 0 Å². The van der Waals surface area contributed by atoms with Crippen molar-refractivity contribution < 1.29 is 14.8 Å². The lowest BCUT2D eigenvalue weighted by Gasteiger charge is -2.30. The van der Waals surface area contributed by atoms with Crippen LogP contribution in [0.25, 0.3) is 0 Å². The number of piperidine rings is 1. The lowest BCUT2D eigenvalue weighted by molar-refractivity contribution is -0.369. The second-order valence-electron chi connectivity index (χ2n) is 15.0. The molecular weight excluding hydrogens is 604 g/mol. The first-order chi connectivity index (χ1) is 24.3. The Kier molecular flexibility index (Phi) is 36.4. The van der Waals surface area contributed by atoms with Crippen molar-refractivity contribution in [2.45, 2.75) is 219 Å². The third kappa shape index (κ3) is 34.1. The second-order valence-corrected chi connectivity index (χ2v) is 15.0. The number of hydrogen-bond donors (Lipinski definition) is 1. The van der Waals surface area contributed by atoms with E-state index in [9.17, 15) is 5.11 Å². The van der Waals surface area contributed by atoms with Gasteiger partial charge in [-0.05, 0) is 96.6 Å². The van der Waals surface area contributed by atoms with Gasteiger partial charge in [0.15, 0.2) is 0 Å². The monoisotopic (exact) mass is 691 g/mol. The molecule has 1 fully saturated rings. The zero-order valence-electron chi connectivity index (χ0n) is 33.2. The van der Waals surface area contributed by atoms with Crippen LogP contribution in [0.5, 0.6) is 0 Å². The summed E-state index contributed by atoms with van der Waals surface area (Å²) in [6.07, 6.45) is 49.6. The van der Waals surface area contributed by atoms with E-state index in [0.717, 1.165) is 71.5 Å². The predicted molar refractivity (Wildman–Crippen MR) is 214 cm³/mol. The first-order valence-corrected chi connectivity index (χ1v) is 22.0. The maximum atomic E-state index is 10.0. The summed E-state index contributed by atoms with van der Waals surface area (Å²) >= 11 is 0. The van der Waals surface area contributed by atoms with E-state index in [1.165, 1.54) is 167 Å². The summed E-state index contributed by atoms with van der Waals surface area (Å²) in [6, 6.07) is 0. The Hall–Kier alpha value is -0.720. The highest BCUT2D eigenvalue weighted by atomic mass is 16.9. The van der Waals surface area contributed by atoms with Crippen molar-refractivity contribution in [1.29, 1.82) is 0 Å². The molecule has 1 unspecified atom stereocenters. The van der Waals surface area contributed by atoms with Gasteiger partial charge in [0.25, 0.3) is 0 Å². The minimum Gasteiger partial charge on any atom is -0.392 e. The number of allylic oxidation sites excluding steroid dienone is 4. The summed E-state index contributed by atoms with van der Waals surface area (Å²) in [5, 5.41) is 11.8. The average Bonchev–Trinajstić information content (AvgIpc) is 3.10. The molecule has 0 amide bonds. The molecule has 5 nitrogen and oxygen atoms in total. The van der Waals surface area contributed by atoms with Gasteiger partial charge in [-0.2, -0.15) is 0 Å². The molecule has 5 heteroatoms. The van der Waals surface area contributed by atoms with Crippen LogP contribution in [-0.4, -0.2) is 60.7 Å². The maximum Gasteiger partial charge on any atom is 0.0711 e. The molecule has 0 aromatic heterocycles. The number of nitrogens with zero attached hydrogens (tertiary/aromatic N) is 2. The number of unbranched alkanes of at least 4 members (excludes halogenated alkanes) is 24. The lowest BCUT2D eigenvalue weighted by atomic mass is 10.1. The van der Waals surface area contributed by atoms with Gasteiger partial charge in [-0.15, -0.1) is 0 Å². The van der Waals surface area contributed by atoms with E-state index >= 15 is 0 Å². The molecule has 1 saturated heterocycles. The highest BCUT2D eigenvalue weighted by Gasteiger charge is 2.17. The highest BCUT2D eigenvalue weighted by Crippen LogP contribution is 2.14. The Morgan fingerprint density at radius 2 is 0.918 bits per heavy atom. The minimum absolute atomic E-state index is 0.157. The van der Waals surface area contributed by atoms with Crippen molar-refractivity contribution in [3.8, 4) is 0 Å². The highest BCUT2D eigenvalue weighted by molar-refractivity contribution is 4.82. The van der Waals surface area contributed by atoms with Gasteiger partial charge in [0.2, 0.25) is 0 Å². The normalized spacial score (nSPS) is 15.9. The molecule has 0 bridgehead atoms. The first-order valence-electron chi connectivity index (χ1n) is 22.0. The summed E-state index contributed by atoms with van der Waals surface area (Å²) in [5.74, 6) is 0. The topological polar surface area (TPSA) is 45.2 Å². The van der Waals surface area contributed by atoms with E-state index in [0.29, 0.717) is 0 Å². The third-order valence-corrected chi connectivity index (χ3v) is 10.1. The quantitative estimate of drug-likeness (QED) is 0.0397. The number of aliphatic hydroxyl groups excluding tert-OH is 1. The molecular formula is C44H86N2O3. The number of β-amino-alcohol motifs (C(OH)–C–C–N with tert-alkyl or cyclic N) is 1. The van der Waals surface area contributed by atoms with Crippen molar-refractivity contribution in [1.82, 2.24) is 10.1 Å². The van der Waals surface area contributed by atoms with Crippen LogP contribution in [0.1, 0.15) is 213 Å². The molecule has 1 rings (SSSR count). The van der Waals surface area contributed by atoms with Crippen LogP contribution < -0.4 is 0 Å². The van der Waals surface area contributed by atoms with Crippen LogP contribution >= 0.6 is 0 Å². The van der Waals surface area contributed by atoms with E-state index in [1.807, 2.05) is 0 Å². The van der Waals surface area contributed by atoms with E-state index in [1.54, 1.807) is 5.23 Å². The Morgan fingerprint density at radius 3 is 1.33 bits per heavy atom. The van der Waals surface area contributed by atoms with Crippen LogP contribution in [0.3, 0.4) is 0 Å². The van der Waals surface area contributed by atoms with E-state index in [-0.39, 0.29) is 6.10 Å². The van der Waals surface area contributed by atoms with Crippen LogP contribution in [0.2, 0.25) is 0 Å². The largest absolute Gasteiger partial charge is 0.392 e. The number of rotatable bonds is 38. The summed E-state index contributed by atoms with van der Waals surface area (Å²) in [4.78, 5) is 14.6. The van der Waals surface area contributed by atoms with E-state index in [4.69, 9.17) is 9.68 Å². The third-order valence-electron chi connectivity index (χ3n) is 10.1. The number of hydroxylamine groups is 2. The minimum atomic E-state index is -0.157. The number of likely N-dealkylation sites (tertiary alicyclic amines) is 1. The SMILES string of the molecule is CCCCCCCC/C=C\CCCCCCCCON(CCCN1CCCC(O)C1)OCCCCCCCC/C=C\CCCCCCCC. The summed E-state index contributed by atoms with van der Waals surface area (Å²) in [6.45, 7) is 9.78. The van der Waals surface area contributed by atoms with Gasteiger partial charge in [0.1, 0.15) is 0 Å². The fourth-order valence-corrected chi connectivity index (χ4v) is 6.86. The Labute approximate surface area is 306 Å². The fraction of sp³-hybridized carbons (Fsp3) is 0.909. The molecule has 49 heavy (non-hydrogen) atoms. The molecule has 0 aromatic rings. The van der Waals surface area contributed by atoms with Crippen LogP contribution in [0, 0.1) is 0 Å². The van der Waals surface area contributed by atoms with Crippen molar-refractivity contribution >= 4 is 0 Å². The molecule has 0 radical (unpaired) electrons. The molecule has 1 atom stereocenters. The van der Waals surface area contributed by atoms with Gasteiger partial charge in [0, 0.05) is 6.54 Å². The molecule has 0 aliphatic carbocycles. The lowest BCUT2D eigenvalue weighted by Crippen LogP contribution is -2.39. The molecule has 1 aliphatic heterocycles. The van der Waals surface area contributed by atoms with Gasteiger partial charge in [-0.25, -0.2) is 0 Å². The molecule has 1 N–H and O–H groups in total. The molecule has 1 heterocycles. The maximum absolute atomic E-state index is 10.0. The van der Waals surface area contributed by atoms with Gasteiger partial charge >= 0.3 is 0 Å². The first kappa shape index (κ1) is 46.3. The number of hydrogen-bond acceptors (Lipinski definition) is 5. The zero-order chi connectivity index (χ0) is 35.1. The molecule has 1 aliphatic rings.